The van der Waals surface area contributed by atoms with E-state index in [9.17, 15) is 18.3 Å². The number of piperidine rings is 1. The third-order valence-electron chi connectivity index (χ3n) is 4.48. The summed E-state index contributed by atoms with van der Waals surface area (Å²) in [6.45, 7) is 6.22. The summed E-state index contributed by atoms with van der Waals surface area (Å²) in [6, 6.07) is 2.73. The third-order valence-corrected chi connectivity index (χ3v) is 6.54. The number of sulfone groups is 1. The van der Waals surface area contributed by atoms with Crippen molar-refractivity contribution in [3.05, 3.63) is 22.2 Å². The summed E-state index contributed by atoms with van der Waals surface area (Å²) in [6.07, 6.45) is 0.673. The number of hydrogen-bond acceptors (Lipinski definition) is 4. The van der Waals surface area contributed by atoms with Gasteiger partial charge in [-0.3, -0.25) is 0 Å². The smallest absolute Gasteiger partial charge is 0.407 e. The van der Waals surface area contributed by atoms with E-state index in [0.717, 1.165) is 6.26 Å². The van der Waals surface area contributed by atoms with Gasteiger partial charge in [-0.2, -0.15) is 0 Å². The molecular formula is C17H23Cl2NO5S. The second-order valence-electron chi connectivity index (χ2n) is 7.58. The van der Waals surface area contributed by atoms with Gasteiger partial charge in [0, 0.05) is 31.7 Å². The molecule has 0 saturated carbocycles. The van der Waals surface area contributed by atoms with Gasteiger partial charge >= 0.3 is 6.09 Å². The number of carbonyl (C=O) groups is 1. The molecular weight excluding hydrogens is 401 g/mol. The van der Waals surface area contributed by atoms with Crippen molar-refractivity contribution in [2.24, 2.45) is 5.41 Å². The lowest BCUT2D eigenvalue weighted by Gasteiger charge is -2.44. The summed E-state index contributed by atoms with van der Waals surface area (Å²) in [4.78, 5) is 12.8. The molecule has 1 aromatic rings. The summed E-state index contributed by atoms with van der Waals surface area (Å²) in [5.74, 6) is 0.142. The average Bonchev–Trinajstić information content (AvgIpc) is 2.48. The topological polar surface area (TPSA) is 83.9 Å². The lowest BCUT2D eigenvalue weighted by Crippen LogP contribution is -2.53. The summed E-state index contributed by atoms with van der Waals surface area (Å²) < 4.78 is 30.2. The van der Waals surface area contributed by atoms with Crippen LogP contribution in [0, 0.1) is 5.41 Å². The molecule has 1 N–H and O–H groups in total. The van der Waals surface area contributed by atoms with E-state index in [1.54, 1.807) is 0 Å². The third kappa shape index (κ3) is 4.56. The SMILES string of the molecule is CC(C)(C)C1CC(Oc2ccc(Cl)c(Cl)c2S(C)(=O)=O)CCN1C(=O)O. The van der Waals surface area contributed by atoms with Gasteiger partial charge < -0.3 is 14.7 Å². The van der Waals surface area contributed by atoms with Gasteiger partial charge in [-0.25, -0.2) is 13.2 Å². The fraction of sp³-hybridized carbons (Fsp3) is 0.588. The van der Waals surface area contributed by atoms with E-state index in [0.29, 0.717) is 19.4 Å². The van der Waals surface area contributed by atoms with E-state index in [-0.39, 0.29) is 38.3 Å². The zero-order valence-electron chi connectivity index (χ0n) is 15.1. The maximum Gasteiger partial charge on any atom is 0.407 e. The second kappa shape index (κ2) is 7.44. The Hall–Kier alpha value is -1.18. The number of amides is 1. The Bertz CT molecular complexity index is 804. The lowest BCUT2D eigenvalue weighted by atomic mass is 9.80. The van der Waals surface area contributed by atoms with Crippen molar-refractivity contribution in [1.29, 1.82) is 0 Å². The van der Waals surface area contributed by atoms with Crippen molar-refractivity contribution in [2.45, 2.75) is 50.7 Å². The minimum atomic E-state index is -3.65. The van der Waals surface area contributed by atoms with Crippen LogP contribution in [0.2, 0.25) is 10.0 Å². The number of rotatable bonds is 3. The Balaban J connectivity index is 2.33. The average molecular weight is 424 g/mol. The summed E-state index contributed by atoms with van der Waals surface area (Å²) >= 11 is 12.0. The van der Waals surface area contributed by atoms with Crippen molar-refractivity contribution < 1.29 is 23.1 Å². The van der Waals surface area contributed by atoms with Crippen LogP contribution in [0.4, 0.5) is 4.79 Å². The van der Waals surface area contributed by atoms with Gasteiger partial charge in [-0.1, -0.05) is 44.0 Å². The summed E-state index contributed by atoms with van der Waals surface area (Å²) in [5.41, 5.74) is -0.280. The van der Waals surface area contributed by atoms with Crippen LogP contribution in [0.25, 0.3) is 0 Å². The molecule has 9 heteroatoms. The lowest BCUT2D eigenvalue weighted by molar-refractivity contribution is 0.0122. The monoisotopic (exact) mass is 423 g/mol. The second-order valence-corrected chi connectivity index (χ2v) is 10.3. The molecule has 0 bridgehead atoms. The van der Waals surface area contributed by atoms with Crippen LogP contribution in [-0.2, 0) is 9.84 Å². The highest BCUT2D eigenvalue weighted by Gasteiger charge is 2.39. The molecule has 0 aliphatic carbocycles. The van der Waals surface area contributed by atoms with Gasteiger partial charge in [-0.15, -0.1) is 0 Å². The van der Waals surface area contributed by atoms with Gasteiger partial charge in [-0.05, 0) is 17.5 Å². The number of ether oxygens (including phenoxy) is 1. The molecule has 1 amide bonds. The van der Waals surface area contributed by atoms with Crippen LogP contribution in [0.15, 0.2) is 17.0 Å². The van der Waals surface area contributed by atoms with Crippen molar-refractivity contribution in [2.75, 3.05) is 12.8 Å². The predicted octanol–water partition coefficient (Wildman–Crippen LogP) is 4.33. The highest BCUT2D eigenvalue weighted by molar-refractivity contribution is 7.91. The van der Waals surface area contributed by atoms with E-state index in [2.05, 4.69) is 0 Å². The largest absolute Gasteiger partial charge is 0.489 e. The predicted molar refractivity (Wildman–Crippen MR) is 101 cm³/mol. The van der Waals surface area contributed by atoms with E-state index in [1.807, 2.05) is 20.8 Å². The molecule has 1 heterocycles. The minimum absolute atomic E-state index is 0.0676. The van der Waals surface area contributed by atoms with Crippen LogP contribution in [0.3, 0.4) is 0 Å². The molecule has 146 valence electrons. The molecule has 6 nitrogen and oxygen atoms in total. The fourth-order valence-electron chi connectivity index (χ4n) is 3.22. The van der Waals surface area contributed by atoms with Gasteiger partial charge in [0.15, 0.2) is 9.84 Å². The Kier molecular flexibility index (Phi) is 6.05. The standard InChI is InChI=1S/C17H23Cl2NO5S/c1-17(2,3)13-9-10(7-8-20(13)16(21)22)25-12-6-5-11(18)14(19)15(12)26(4,23)24/h5-6,10,13H,7-9H2,1-4H3,(H,21,22). The number of benzene rings is 1. The fourth-order valence-corrected chi connectivity index (χ4v) is 4.93. The first-order chi connectivity index (χ1) is 11.8. The first-order valence-electron chi connectivity index (χ1n) is 8.16. The molecule has 1 aliphatic heterocycles. The minimum Gasteiger partial charge on any atom is -0.489 e. The zero-order valence-corrected chi connectivity index (χ0v) is 17.5. The van der Waals surface area contributed by atoms with E-state index in [4.69, 9.17) is 27.9 Å². The van der Waals surface area contributed by atoms with Crippen LogP contribution >= 0.6 is 23.2 Å². The van der Waals surface area contributed by atoms with Crippen molar-refractivity contribution >= 4 is 39.1 Å². The van der Waals surface area contributed by atoms with E-state index < -0.39 is 15.9 Å². The normalized spacial score (nSPS) is 21.5. The Morgan fingerprint density at radius 1 is 1.31 bits per heavy atom. The van der Waals surface area contributed by atoms with Crippen LogP contribution in [-0.4, -0.2) is 49.5 Å². The van der Waals surface area contributed by atoms with Gasteiger partial charge in [0.05, 0.1) is 10.0 Å². The molecule has 1 fully saturated rings. The van der Waals surface area contributed by atoms with Crippen molar-refractivity contribution in [3.63, 3.8) is 0 Å². The summed E-state index contributed by atoms with van der Waals surface area (Å²) in [5, 5.41) is 9.50. The van der Waals surface area contributed by atoms with Gasteiger partial charge in [0.25, 0.3) is 0 Å². The number of hydrogen-bond donors (Lipinski definition) is 1. The number of likely N-dealkylation sites (tertiary alicyclic amines) is 1. The van der Waals surface area contributed by atoms with Crippen molar-refractivity contribution in [3.8, 4) is 5.75 Å². The highest BCUT2D eigenvalue weighted by Crippen LogP contribution is 2.39. The van der Waals surface area contributed by atoms with Crippen LogP contribution < -0.4 is 4.74 Å². The molecule has 2 atom stereocenters. The molecule has 2 unspecified atom stereocenters. The number of carboxylic acid groups (broad SMARTS) is 1. The first kappa shape index (κ1) is 21.1. The van der Waals surface area contributed by atoms with Crippen LogP contribution in [0.5, 0.6) is 5.75 Å². The molecule has 2 rings (SSSR count). The first-order valence-corrected chi connectivity index (χ1v) is 10.8. The highest BCUT2D eigenvalue weighted by atomic mass is 35.5. The van der Waals surface area contributed by atoms with Crippen molar-refractivity contribution in [1.82, 2.24) is 4.90 Å². The van der Waals surface area contributed by atoms with E-state index in [1.165, 1.54) is 17.0 Å². The number of nitrogens with zero attached hydrogens (tertiary/aromatic N) is 1. The Labute approximate surface area is 164 Å². The zero-order chi connectivity index (χ0) is 19.9. The van der Waals surface area contributed by atoms with Crippen LogP contribution in [0.1, 0.15) is 33.6 Å². The molecule has 1 saturated heterocycles. The Morgan fingerprint density at radius 3 is 2.42 bits per heavy atom. The molecule has 1 aromatic carbocycles. The van der Waals surface area contributed by atoms with E-state index >= 15 is 0 Å². The number of halogens is 2. The molecule has 1 aliphatic rings. The maximum atomic E-state index is 12.1. The van der Waals surface area contributed by atoms with Gasteiger partial charge in [0.1, 0.15) is 16.7 Å². The molecule has 26 heavy (non-hydrogen) atoms. The molecule has 0 aromatic heterocycles. The molecule has 0 spiro atoms. The quantitative estimate of drug-likeness (QED) is 0.781. The molecule has 0 radical (unpaired) electrons. The van der Waals surface area contributed by atoms with Gasteiger partial charge in [0.2, 0.25) is 0 Å². The maximum absolute atomic E-state index is 12.1. The summed E-state index contributed by atoms with van der Waals surface area (Å²) in [7, 11) is -3.65. The Morgan fingerprint density at radius 2 is 1.92 bits per heavy atom.